The zero-order valence-corrected chi connectivity index (χ0v) is 14.9. The molecule has 1 unspecified atom stereocenters. The average molecular weight is 342 g/mol. The Hall–Kier alpha value is -2.72. The van der Waals surface area contributed by atoms with E-state index in [0.29, 0.717) is 6.04 Å². The topological polar surface area (TPSA) is 53.6 Å². The number of nitrogens with zero attached hydrogens (tertiary/aromatic N) is 2. The van der Waals surface area contributed by atoms with Gasteiger partial charge in [0.2, 0.25) is 0 Å². The SMILES string of the molecule is Cc1c[nH]c2ncc(-c3cc(C4CCCCN4)c4ccncc4c3)cc12. The summed E-state index contributed by atoms with van der Waals surface area (Å²) in [5, 5.41) is 7.38. The van der Waals surface area contributed by atoms with E-state index >= 15 is 0 Å². The number of benzene rings is 1. The van der Waals surface area contributed by atoms with E-state index in [4.69, 9.17) is 0 Å². The number of pyridine rings is 2. The molecule has 1 aliphatic rings. The largest absolute Gasteiger partial charge is 0.346 e. The highest BCUT2D eigenvalue weighted by Crippen LogP contribution is 2.34. The van der Waals surface area contributed by atoms with Crippen molar-refractivity contribution in [1.29, 1.82) is 0 Å². The van der Waals surface area contributed by atoms with Crippen molar-refractivity contribution in [2.75, 3.05) is 6.54 Å². The molecule has 0 aliphatic carbocycles. The summed E-state index contributed by atoms with van der Waals surface area (Å²) in [5.41, 5.74) is 5.92. The number of H-pyrrole nitrogens is 1. The van der Waals surface area contributed by atoms with Crippen molar-refractivity contribution in [3.8, 4) is 11.1 Å². The first-order valence-corrected chi connectivity index (χ1v) is 9.35. The second kappa shape index (κ2) is 6.22. The van der Waals surface area contributed by atoms with Crippen molar-refractivity contribution in [3.63, 3.8) is 0 Å². The number of piperidine rings is 1. The van der Waals surface area contributed by atoms with Gasteiger partial charge in [0.1, 0.15) is 5.65 Å². The molecule has 4 heterocycles. The summed E-state index contributed by atoms with van der Waals surface area (Å²) in [5.74, 6) is 0. The molecule has 130 valence electrons. The fourth-order valence-corrected chi connectivity index (χ4v) is 4.10. The number of aromatic nitrogens is 3. The minimum atomic E-state index is 0.416. The van der Waals surface area contributed by atoms with Crippen LogP contribution in [0.5, 0.6) is 0 Å². The molecule has 4 heteroatoms. The minimum absolute atomic E-state index is 0.416. The van der Waals surface area contributed by atoms with Crippen LogP contribution >= 0.6 is 0 Å². The highest BCUT2D eigenvalue weighted by atomic mass is 14.9. The van der Waals surface area contributed by atoms with Crippen molar-refractivity contribution in [3.05, 3.63) is 60.2 Å². The zero-order valence-electron chi connectivity index (χ0n) is 14.9. The van der Waals surface area contributed by atoms with Gasteiger partial charge >= 0.3 is 0 Å². The summed E-state index contributed by atoms with van der Waals surface area (Å²) in [6, 6.07) is 9.38. The van der Waals surface area contributed by atoms with E-state index < -0.39 is 0 Å². The van der Waals surface area contributed by atoms with Crippen LogP contribution in [0.25, 0.3) is 32.9 Å². The van der Waals surface area contributed by atoms with Crippen molar-refractivity contribution in [1.82, 2.24) is 20.3 Å². The van der Waals surface area contributed by atoms with E-state index in [1.165, 1.54) is 52.1 Å². The Labute approximate surface area is 152 Å². The smallest absolute Gasteiger partial charge is 0.137 e. The molecule has 0 amide bonds. The molecule has 1 atom stereocenters. The Kier molecular flexibility index (Phi) is 3.71. The first-order valence-electron chi connectivity index (χ1n) is 9.35. The molecular formula is C22H22N4. The number of fused-ring (bicyclic) bond motifs is 2. The van der Waals surface area contributed by atoms with E-state index in [0.717, 1.165) is 17.8 Å². The Bertz CT molecular complexity index is 1090. The fourth-order valence-electron chi connectivity index (χ4n) is 4.10. The van der Waals surface area contributed by atoms with Gasteiger partial charge in [-0.3, -0.25) is 4.98 Å². The predicted octanol–water partition coefficient (Wildman–Crippen LogP) is 4.90. The third kappa shape index (κ3) is 2.58. The predicted molar refractivity (Wildman–Crippen MR) is 106 cm³/mol. The average Bonchev–Trinajstić information content (AvgIpc) is 3.08. The Morgan fingerprint density at radius 1 is 1.04 bits per heavy atom. The first kappa shape index (κ1) is 15.5. The van der Waals surface area contributed by atoms with Gasteiger partial charge in [0.15, 0.2) is 0 Å². The molecule has 1 aliphatic heterocycles. The van der Waals surface area contributed by atoms with Crippen molar-refractivity contribution < 1.29 is 0 Å². The van der Waals surface area contributed by atoms with E-state index in [1.54, 1.807) is 0 Å². The van der Waals surface area contributed by atoms with Crippen molar-refractivity contribution in [2.45, 2.75) is 32.2 Å². The summed E-state index contributed by atoms with van der Waals surface area (Å²) < 4.78 is 0. The van der Waals surface area contributed by atoms with Crippen LogP contribution in [-0.4, -0.2) is 21.5 Å². The van der Waals surface area contributed by atoms with Gasteiger partial charge < -0.3 is 10.3 Å². The van der Waals surface area contributed by atoms with Gasteiger partial charge in [-0.25, -0.2) is 4.98 Å². The summed E-state index contributed by atoms with van der Waals surface area (Å²) in [6.45, 7) is 3.21. The lowest BCUT2D eigenvalue weighted by Gasteiger charge is -2.25. The molecule has 3 aromatic heterocycles. The van der Waals surface area contributed by atoms with Gasteiger partial charge in [0.25, 0.3) is 0 Å². The monoisotopic (exact) mass is 342 g/mol. The number of rotatable bonds is 2. The van der Waals surface area contributed by atoms with Gasteiger partial charge in [-0.05, 0) is 72.7 Å². The number of nitrogens with one attached hydrogen (secondary N) is 2. The highest BCUT2D eigenvalue weighted by Gasteiger charge is 2.18. The van der Waals surface area contributed by atoms with E-state index in [9.17, 15) is 0 Å². The standard InChI is InChI=1S/C22H22N4/c1-14-11-25-22-19(14)10-16(13-26-22)15-8-17-12-23-7-5-18(17)20(9-15)21-4-2-3-6-24-21/h5,7-13,21,24H,2-4,6H2,1H3,(H,25,26). The van der Waals surface area contributed by atoms with Gasteiger partial charge in [-0.15, -0.1) is 0 Å². The Morgan fingerprint density at radius 3 is 2.88 bits per heavy atom. The maximum absolute atomic E-state index is 4.61. The van der Waals surface area contributed by atoms with Crippen molar-refractivity contribution in [2.24, 2.45) is 0 Å². The number of hydrogen-bond acceptors (Lipinski definition) is 3. The molecule has 1 fully saturated rings. The molecule has 4 aromatic rings. The molecule has 5 rings (SSSR count). The molecule has 0 spiro atoms. The fraction of sp³-hybridized carbons (Fsp3) is 0.273. The van der Waals surface area contributed by atoms with E-state index in [2.05, 4.69) is 51.5 Å². The van der Waals surface area contributed by atoms with Gasteiger partial charge in [-0.1, -0.05) is 6.42 Å². The molecule has 0 bridgehead atoms. The maximum atomic E-state index is 4.61. The normalized spacial score (nSPS) is 17.8. The first-order chi connectivity index (χ1) is 12.8. The second-order valence-corrected chi connectivity index (χ2v) is 7.26. The van der Waals surface area contributed by atoms with Crippen LogP contribution in [0.2, 0.25) is 0 Å². The molecule has 2 N–H and O–H groups in total. The molecule has 4 nitrogen and oxygen atoms in total. The van der Waals surface area contributed by atoms with Crippen LogP contribution in [0, 0.1) is 6.92 Å². The lowest BCUT2D eigenvalue weighted by molar-refractivity contribution is 0.414. The van der Waals surface area contributed by atoms with E-state index in [-0.39, 0.29) is 0 Å². The lowest BCUT2D eigenvalue weighted by Crippen LogP contribution is -2.26. The third-order valence-electron chi connectivity index (χ3n) is 5.54. The summed E-state index contributed by atoms with van der Waals surface area (Å²) in [4.78, 5) is 12.2. The summed E-state index contributed by atoms with van der Waals surface area (Å²) in [7, 11) is 0. The summed E-state index contributed by atoms with van der Waals surface area (Å²) >= 11 is 0. The van der Waals surface area contributed by atoms with E-state index in [1.807, 2.05) is 24.8 Å². The number of hydrogen-bond donors (Lipinski definition) is 2. The lowest BCUT2D eigenvalue weighted by atomic mass is 9.90. The Balaban J connectivity index is 1.70. The van der Waals surface area contributed by atoms with Crippen LogP contribution in [0.15, 0.2) is 49.1 Å². The molecule has 26 heavy (non-hydrogen) atoms. The molecule has 1 saturated heterocycles. The molecule has 0 saturated carbocycles. The minimum Gasteiger partial charge on any atom is -0.346 e. The van der Waals surface area contributed by atoms with Crippen molar-refractivity contribution >= 4 is 21.8 Å². The molecular weight excluding hydrogens is 320 g/mol. The van der Waals surface area contributed by atoms with Gasteiger partial charge in [0.05, 0.1) is 0 Å². The molecule has 0 radical (unpaired) electrons. The second-order valence-electron chi connectivity index (χ2n) is 7.26. The molecule has 1 aromatic carbocycles. The highest BCUT2D eigenvalue weighted by molar-refractivity contribution is 5.92. The maximum Gasteiger partial charge on any atom is 0.137 e. The van der Waals surface area contributed by atoms with Gasteiger partial charge in [-0.2, -0.15) is 0 Å². The van der Waals surface area contributed by atoms with Crippen LogP contribution in [-0.2, 0) is 0 Å². The van der Waals surface area contributed by atoms with Gasteiger partial charge in [0, 0.05) is 47.2 Å². The zero-order chi connectivity index (χ0) is 17.5. The summed E-state index contributed by atoms with van der Waals surface area (Å²) in [6.07, 6.45) is 11.6. The third-order valence-corrected chi connectivity index (χ3v) is 5.54. The van der Waals surface area contributed by atoms with Crippen LogP contribution in [0.3, 0.4) is 0 Å². The Morgan fingerprint density at radius 2 is 2.00 bits per heavy atom. The van der Waals surface area contributed by atoms with Crippen LogP contribution < -0.4 is 5.32 Å². The van der Waals surface area contributed by atoms with Crippen LogP contribution in [0.1, 0.15) is 36.4 Å². The number of aryl methyl sites for hydroxylation is 1. The number of aromatic amines is 1. The quantitative estimate of drug-likeness (QED) is 0.545. The van der Waals surface area contributed by atoms with Crippen LogP contribution in [0.4, 0.5) is 0 Å².